The zero-order chi connectivity index (χ0) is 11.7. The molecule has 0 saturated carbocycles. The summed E-state index contributed by atoms with van der Waals surface area (Å²) >= 11 is 0. The van der Waals surface area contributed by atoms with Crippen LogP contribution in [0.3, 0.4) is 0 Å². The number of rotatable bonds is 2. The third-order valence-corrected chi connectivity index (χ3v) is 2.71. The van der Waals surface area contributed by atoms with E-state index in [1.165, 1.54) is 4.68 Å². The van der Waals surface area contributed by atoms with Crippen molar-refractivity contribution in [3.63, 3.8) is 0 Å². The molecule has 0 radical (unpaired) electrons. The molecular weight excluding hydrogens is 214 g/mol. The molecule has 84 valence electrons. The summed E-state index contributed by atoms with van der Waals surface area (Å²) in [6, 6.07) is 17.0. The van der Waals surface area contributed by atoms with Crippen molar-refractivity contribution >= 4 is 11.0 Å². The largest absolute Gasteiger partial charge is 0.368 e. The SMILES string of the molecule is O[C@H](c1ccccc1)n1nnc2ccccc21. The Morgan fingerprint density at radius 3 is 2.47 bits per heavy atom. The van der Waals surface area contributed by atoms with E-state index in [-0.39, 0.29) is 0 Å². The van der Waals surface area contributed by atoms with Crippen molar-refractivity contribution in [3.8, 4) is 0 Å². The molecule has 2 aromatic carbocycles. The van der Waals surface area contributed by atoms with Gasteiger partial charge in [-0.1, -0.05) is 47.7 Å². The van der Waals surface area contributed by atoms with E-state index in [2.05, 4.69) is 10.3 Å². The molecule has 0 unspecified atom stereocenters. The Morgan fingerprint density at radius 1 is 0.941 bits per heavy atom. The van der Waals surface area contributed by atoms with E-state index in [1.807, 2.05) is 54.6 Å². The van der Waals surface area contributed by atoms with Gasteiger partial charge >= 0.3 is 0 Å². The minimum Gasteiger partial charge on any atom is -0.368 e. The first-order valence-corrected chi connectivity index (χ1v) is 5.39. The van der Waals surface area contributed by atoms with Crippen LogP contribution < -0.4 is 0 Å². The van der Waals surface area contributed by atoms with Crippen LogP contribution >= 0.6 is 0 Å². The molecule has 0 aliphatic rings. The average molecular weight is 225 g/mol. The summed E-state index contributed by atoms with van der Waals surface area (Å²) in [5.41, 5.74) is 2.40. The number of aromatic nitrogens is 3. The summed E-state index contributed by atoms with van der Waals surface area (Å²) in [5, 5.41) is 18.2. The van der Waals surface area contributed by atoms with Gasteiger partial charge in [0.25, 0.3) is 0 Å². The van der Waals surface area contributed by atoms with Crippen LogP contribution in [0.4, 0.5) is 0 Å². The van der Waals surface area contributed by atoms with Gasteiger partial charge in [0, 0.05) is 5.56 Å². The molecule has 1 aromatic heterocycles. The Labute approximate surface area is 98.1 Å². The normalized spacial score (nSPS) is 12.8. The molecule has 0 aliphatic carbocycles. The molecule has 1 atom stereocenters. The Kier molecular flexibility index (Phi) is 2.34. The van der Waals surface area contributed by atoms with Gasteiger partial charge in [-0.05, 0) is 12.1 Å². The van der Waals surface area contributed by atoms with E-state index >= 15 is 0 Å². The summed E-state index contributed by atoms with van der Waals surface area (Å²) in [6.07, 6.45) is -0.802. The lowest BCUT2D eigenvalue weighted by atomic mass is 10.2. The summed E-state index contributed by atoms with van der Waals surface area (Å²) in [4.78, 5) is 0. The first-order valence-electron chi connectivity index (χ1n) is 5.39. The van der Waals surface area contributed by atoms with E-state index in [0.29, 0.717) is 0 Å². The van der Waals surface area contributed by atoms with Crippen molar-refractivity contribution in [1.82, 2.24) is 15.0 Å². The topological polar surface area (TPSA) is 50.9 Å². The fraction of sp³-hybridized carbons (Fsp3) is 0.0769. The summed E-state index contributed by atoms with van der Waals surface area (Å²) in [7, 11) is 0. The standard InChI is InChI=1S/C13H11N3O/c17-13(10-6-2-1-3-7-10)16-12-9-5-4-8-11(12)14-15-16/h1-9,13,17H/t13-/m1/s1. The van der Waals surface area contributed by atoms with Crippen LogP contribution in [0, 0.1) is 0 Å². The van der Waals surface area contributed by atoms with Crippen molar-refractivity contribution in [2.24, 2.45) is 0 Å². The quantitative estimate of drug-likeness (QED) is 0.725. The lowest BCUT2D eigenvalue weighted by Gasteiger charge is -2.11. The van der Waals surface area contributed by atoms with Gasteiger partial charge in [0.2, 0.25) is 0 Å². The number of aliphatic hydroxyl groups excluding tert-OH is 1. The summed E-state index contributed by atoms with van der Waals surface area (Å²) in [6.45, 7) is 0. The summed E-state index contributed by atoms with van der Waals surface area (Å²) in [5.74, 6) is 0. The smallest absolute Gasteiger partial charge is 0.175 e. The van der Waals surface area contributed by atoms with Crippen LogP contribution in [-0.2, 0) is 0 Å². The fourth-order valence-electron chi connectivity index (χ4n) is 1.83. The lowest BCUT2D eigenvalue weighted by Crippen LogP contribution is -2.11. The number of nitrogens with zero attached hydrogens (tertiary/aromatic N) is 3. The number of aliphatic hydroxyl groups is 1. The van der Waals surface area contributed by atoms with Gasteiger partial charge in [0.15, 0.2) is 6.23 Å². The third kappa shape index (κ3) is 1.68. The molecule has 17 heavy (non-hydrogen) atoms. The molecule has 0 bridgehead atoms. The Bertz CT molecular complexity index is 633. The molecule has 1 heterocycles. The molecule has 0 aliphatic heterocycles. The predicted molar refractivity (Wildman–Crippen MR) is 64.3 cm³/mol. The zero-order valence-corrected chi connectivity index (χ0v) is 9.06. The molecule has 4 heteroatoms. The van der Waals surface area contributed by atoms with Crippen molar-refractivity contribution in [2.75, 3.05) is 0 Å². The van der Waals surface area contributed by atoms with E-state index in [9.17, 15) is 5.11 Å². The first kappa shape index (κ1) is 9.99. The van der Waals surface area contributed by atoms with Crippen LogP contribution in [0.25, 0.3) is 11.0 Å². The Balaban J connectivity index is 2.10. The molecule has 3 aromatic rings. The van der Waals surface area contributed by atoms with Crippen molar-refractivity contribution in [2.45, 2.75) is 6.23 Å². The van der Waals surface area contributed by atoms with E-state index in [4.69, 9.17) is 0 Å². The molecule has 0 saturated heterocycles. The summed E-state index contributed by atoms with van der Waals surface area (Å²) < 4.78 is 1.52. The highest BCUT2D eigenvalue weighted by molar-refractivity contribution is 5.74. The lowest BCUT2D eigenvalue weighted by molar-refractivity contribution is 0.134. The van der Waals surface area contributed by atoms with Gasteiger partial charge < -0.3 is 5.11 Å². The Morgan fingerprint density at radius 2 is 1.65 bits per heavy atom. The zero-order valence-electron chi connectivity index (χ0n) is 9.06. The van der Waals surface area contributed by atoms with Crippen LogP contribution in [-0.4, -0.2) is 20.1 Å². The predicted octanol–water partition coefficient (Wildman–Crippen LogP) is 1.97. The second kappa shape index (κ2) is 3.99. The molecule has 0 fully saturated rings. The third-order valence-electron chi connectivity index (χ3n) is 2.71. The molecule has 1 N–H and O–H groups in total. The molecule has 3 rings (SSSR count). The molecule has 0 spiro atoms. The van der Waals surface area contributed by atoms with Crippen molar-refractivity contribution in [1.29, 1.82) is 0 Å². The van der Waals surface area contributed by atoms with Crippen LogP contribution in [0.2, 0.25) is 0 Å². The highest BCUT2D eigenvalue weighted by atomic mass is 16.3. The van der Waals surface area contributed by atoms with E-state index < -0.39 is 6.23 Å². The second-order valence-corrected chi connectivity index (χ2v) is 3.81. The number of benzene rings is 2. The molecule has 0 amide bonds. The second-order valence-electron chi connectivity index (χ2n) is 3.81. The monoisotopic (exact) mass is 225 g/mol. The van der Waals surface area contributed by atoms with Gasteiger partial charge in [-0.25, -0.2) is 4.68 Å². The van der Waals surface area contributed by atoms with E-state index in [0.717, 1.165) is 16.6 Å². The fourth-order valence-corrected chi connectivity index (χ4v) is 1.83. The first-order chi connectivity index (χ1) is 8.36. The van der Waals surface area contributed by atoms with Gasteiger partial charge in [-0.3, -0.25) is 0 Å². The molecule has 4 nitrogen and oxygen atoms in total. The number of para-hydroxylation sites is 1. The minimum atomic E-state index is -0.802. The van der Waals surface area contributed by atoms with Gasteiger partial charge in [0.1, 0.15) is 5.52 Å². The van der Waals surface area contributed by atoms with Crippen LogP contribution in [0.5, 0.6) is 0 Å². The minimum absolute atomic E-state index is 0.780. The maximum absolute atomic E-state index is 10.2. The van der Waals surface area contributed by atoms with Gasteiger partial charge in [-0.2, -0.15) is 0 Å². The van der Waals surface area contributed by atoms with Crippen molar-refractivity contribution < 1.29 is 5.11 Å². The highest BCUT2D eigenvalue weighted by Crippen LogP contribution is 2.19. The number of hydrogen-bond acceptors (Lipinski definition) is 3. The number of fused-ring (bicyclic) bond motifs is 1. The van der Waals surface area contributed by atoms with E-state index in [1.54, 1.807) is 0 Å². The Hall–Kier alpha value is -2.20. The van der Waals surface area contributed by atoms with Gasteiger partial charge in [-0.15, -0.1) is 5.10 Å². The number of hydrogen-bond donors (Lipinski definition) is 1. The maximum atomic E-state index is 10.2. The van der Waals surface area contributed by atoms with Gasteiger partial charge in [0.05, 0.1) is 5.52 Å². The maximum Gasteiger partial charge on any atom is 0.175 e. The van der Waals surface area contributed by atoms with Crippen LogP contribution in [0.15, 0.2) is 54.6 Å². The molecular formula is C13H11N3O. The highest BCUT2D eigenvalue weighted by Gasteiger charge is 2.13. The average Bonchev–Trinajstić information content (AvgIpc) is 2.83. The van der Waals surface area contributed by atoms with Crippen LogP contribution in [0.1, 0.15) is 11.8 Å². The van der Waals surface area contributed by atoms with Crippen molar-refractivity contribution in [3.05, 3.63) is 60.2 Å².